The van der Waals surface area contributed by atoms with E-state index in [1.165, 1.54) is 0 Å². The normalized spacial score (nSPS) is 26.8. The van der Waals surface area contributed by atoms with Crippen LogP contribution in [0.15, 0.2) is 24.5 Å². The summed E-state index contributed by atoms with van der Waals surface area (Å²) < 4.78 is 11.0. The van der Waals surface area contributed by atoms with Crippen LogP contribution >= 0.6 is 0 Å². The summed E-state index contributed by atoms with van der Waals surface area (Å²) in [5.74, 6) is 0.269. The van der Waals surface area contributed by atoms with Gasteiger partial charge in [-0.25, -0.2) is 4.79 Å². The molecule has 3 aliphatic carbocycles. The van der Waals surface area contributed by atoms with Crippen LogP contribution in [0.1, 0.15) is 46.5 Å². The van der Waals surface area contributed by atoms with Crippen LogP contribution in [0.2, 0.25) is 0 Å². The maximum absolute atomic E-state index is 12.6. The zero-order chi connectivity index (χ0) is 19.7. The molecule has 8 heteroatoms. The first-order valence-electron chi connectivity index (χ1n) is 9.15. The van der Waals surface area contributed by atoms with Gasteiger partial charge in [0.05, 0.1) is 5.54 Å². The van der Waals surface area contributed by atoms with Crippen LogP contribution in [0, 0.1) is 0 Å². The lowest BCUT2D eigenvalue weighted by molar-refractivity contribution is -0.147. The van der Waals surface area contributed by atoms with Crippen LogP contribution in [-0.2, 0) is 9.53 Å². The molecule has 0 radical (unpaired) electrons. The third-order valence-corrected chi connectivity index (χ3v) is 4.80. The van der Waals surface area contributed by atoms with Crippen molar-refractivity contribution in [2.24, 2.45) is 0 Å². The Balaban J connectivity index is 1.50. The molecular formula is C19H27N3O5. The highest BCUT2D eigenvalue weighted by atomic mass is 16.6. The number of carbonyl (C=O) groups is 2. The summed E-state index contributed by atoms with van der Waals surface area (Å²) >= 11 is 0. The van der Waals surface area contributed by atoms with E-state index in [1.807, 2.05) is 20.8 Å². The van der Waals surface area contributed by atoms with Gasteiger partial charge in [-0.05, 0) is 52.2 Å². The summed E-state index contributed by atoms with van der Waals surface area (Å²) in [5.41, 5.74) is -1.13. The third kappa shape index (κ3) is 4.50. The van der Waals surface area contributed by atoms with Gasteiger partial charge < -0.3 is 25.2 Å². The van der Waals surface area contributed by atoms with Gasteiger partial charge in [0.15, 0.2) is 6.10 Å². The number of rotatable bonds is 7. The van der Waals surface area contributed by atoms with Gasteiger partial charge >= 0.3 is 6.09 Å². The number of aromatic nitrogens is 1. The van der Waals surface area contributed by atoms with Crippen LogP contribution in [0.4, 0.5) is 4.79 Å². The Morgan fingerprint density at radius 3 is 2.33 bits per heavy atom. The predicted molar refractivity (Wildman–Crippen MR) is 97.2 cm³/mol. The Morgan fingerprint density at radius 2 is 1.78 bits per heavy atom. The number of carbonyl (C=O) groups excluding carboxylic acids is 2. The van der Waals surface area contributed by atoms with Crippen LogP contribution in [0.25, 0.3) is 0 Å². The van der Waals surface area contributed by atoms with Crippen LogP contribution in [-0.4, -0.2) is 51.5 Å². The number of hydrogen-bond donors (Lipinski definition) is 3. The smallest absolute Gasteiger partial charge is 0.408 e. The first-order valence-corrected chi connectivity index (χ1v) is 9.15. The second kappa shape index (κ2) is 6.99. The number of pyridine rings is 1. The topological polar surface area (TPSA) is 110 Å². The fourth-order valence-corrected chi connectivity index (χ4v) is 3.86. The van der Waals surface area contributed by atoms with Crippen molar-refractivity contribution in [1.82, 2.24) is 15.6 Å². The molecule has 1 aromatic rings. The molecule has 0 aromatic carbocycles. The quantitative estimate of drug-likeness (QED) is 0.665. The summed E-state index contributed by atoms with van der Waals surface area (Å²) in [5, 5.41) is 15.2. The van der Waals surface area contributed by atoms with Crippen molar-refractivity contribution >= 4 is 12.0 Å². The van der Waals surface area contributed by atoms with Crippen molar-refractivity contribution in [1.29, 1.82) is 0 Å². The van der Waals surface area contributed by atoms with Crippen molar-refractivity contribution < 1.29 is 24.2 Å². The molecule has 148 valence electrons. The minimum absolute atomic E-state index is 0.152. The highest BCUT2D eigenvalue weighted by molar-refractivity contribution is 5.83. The minimum Gasteiger partial charge on any atom is -0.480 e. The van der Waals surface area contributed by atoms with E-state index in [0.717, 1.165) is 0 Å². The summed E-state index contributed by atoms with van der Waals surface area (Å²) in [6, 6.07) is 3.33. The zero-order valence-electron chi connectivity index (χ0n) is 15.9. The number of amides is 2. The maximum Gasteiger partial charge on any atom is 0.408 e. The van der Waals surface area contributed by atoms with E-state index in [2.05, 4.69) is 15.6 Å². The lowest BCUT2D eigenvalue weighted by atomic mass is 9.44. The van der Waals surface area contributed by atoms with Crippen LogP contribution in [0.3, 0.4) is 0 Å². The Labute approximate surface area is 158 Å². The van der Waals surface area contributed by atoms with Gasteiger partial charge in [-0.3, -0.25) is 9.78 Å². The number of alkyl carbamates (subject to hydrolysis) is 1. The van der Waals surface area contributed by atoms with Gasteiger partial charge in [0.2, 0.25) is 0 Å². The van der Waals surface area contributed by atoms with Crippen molar-refractivity contribution in [3.8, 4) is 5.75 Å². The maximum atomic E-state index is 12.6. The summed E-state index contributed by atoms with van der Waals surface area (Å²) in [4.78, 5) is 28.5. The van der Waals surface area contributed by atoms with Crippen molar-refractivity contribution in [3.05, 3.63) is 24.5 Å². The first-order chi connectivity index (χ1) is 12.6. The molecule has 4 rings (SSSR count). The zero-order valence-corrected chi connectivity index (χ0v) is 15.9. The number of aliphatic hydroxyl groups excluding tert-OH is 1. The van der Waals surface area contributed by atoms with E-state index in [9.17, 15) is 14.7 Å². The first kappa shape index (κ1) is 19.4. The summed E-state index contributed by atoms with van der Waals surface area (Å²) in [6.07, 6.45) is 4.17. The summed E-state index contributed by atoms with van der Waals surface area (Å²) in [7, 11) is 0. The average Bonchev–Trinajstić information content (AvgIpc) is 2.50. The molecule has 3 aliphatic rings. The lowest BCUT2D eigenvalue weighted by Crippen LogP contribution is -2.84. The minimum atomic E-state index is -0.777. The van der Waals surface area contributed by atoms with Gasteiger partial charge in [-0.15, -0.1) is 0 Å². The highest BCUT2D eigenvalue weighted by Gasteiger charge is 2.69. The molecule has 3 N–H and O–H groups in total. The van der Waals surface area contributed by atoms with Crippen LogP contribution < -0.4 is 15.4 Å². The molecule has 0 aliphatic heterocycles. The second-order valence-electron chi connectivity index (χ2n) is 8.51. The number of ether oxygens (including phenoxy) is 2. The number of aliphatic hydroxyl groups is 1. The Kier molecular flexibility index (Phi) is 5.03. The van der Waals surface area contributed by atoms with E-state index in [0.29, 0.717) is 25.0 Å². The molecular weight excluding hydrogens is 350 g/mol. The average molecular weight is 377 g/mol. The molecule has 27 heavy (non-hydrogen) atoms. The molecule has 8 nitrogen and oxygen atoms in total. The third-order valence-electron chi connectivity index (χ3n) is 4.80. The van der Waals surface area contributed by atoms with Crippen molar-refractivity contribution in [2.45, 2.75) is 69.2 Å². The van der Waals surface area contributed by atoms with E-state index in [4.69, 9.17) is 9.47 Å². The van der Waals surface area contributed by atoms with Crippen molar-refractivity contribution in [2.75, 3.05) is 6.61 Å². The largest absolute Gasteiger partial charge is 0.480 e. The Hall–Kier alpha value is -2.35. The molecule has 2 amide bonds. The fourth-order valence-electron chi connectivity index (χ4n) is 3.86. The molecule has 1 atom stereocenters. The molecule has 1 heterocycles. The molecule has 3 saturated carbocycles. The van der Waals surface area contributed by atoms with Gasteiger partial charge in [0, 0.05) is 31.0 Å². The molecule has 2 bridgehead atoms. The monoisotopic (exact) mass is 377 g/mol. The predicted octanol–water partition coefficient (Wildman–Crippen LogP) is 1.53. The van der Waals surface area contributed by atoms with Gasteiger partial charge in [0.1, 0.15) is 11.4 Å². The summed E-state index contributed by atoms with van der Waals surface area (Å²) in [6.45, 7) is 5.31. The molecule has 1 unspecified atom stereocenters. The number of nitrogens with zero attached hydrogens (tertiary/aromatic N) is 1. The molecule has 0 spiro atoms. The van der Waals surface area contributed by atoms with E-state index in [1.54, 1.807) is 24.5 Å². The van der Waals surface area contributed by atoms with Gasteiger partial charge in [-0.2, -0.15) is 0 Å². The second-order valence-corrected chi connectivity index (χ2v) is 8.51. The van der Waals surface area contributed by atoms with E-state index < -0.39 is 17.8 Å². The number of nitrogens with one attached hydrogen (secondary N) is 2. The molecule has 1 aromatic heterocycles. The highest BCUT2D eigenvalue weighted by Crippen LogP contribution is 2.60. The van der Waals surface area contributed by atoms with Crippen molar-refractivity contribution in [3.63, 3.8) is 0 Å². The number of hydrogen-bond acceptors (Lipinski definition) is 6. The standard InChI is InChI=1S/C19H27N3O5/c1-17(2,3)27-16(25)22-19-10-18(11-19,12-19)21-15(24)14(6-9-23)26-13-4-7-20-8-5-13/h4-5,7-8,14,23H,6,9-12H2,1-3H3,(H,21,24)(H,22,25). The van der Waals surface area contributed by atoms with Gasteiger partial charge in [0.25, 0.3) is 5.91 Å². The van der Waals surface area contributed by atoms with E-state index in [-0.39, 0.29) is 30.0 Å². The van der Waals surface area contributed by atoms with Gasteiger partial charge in [-0.1, -0.05) is 0 Å². The Morgan fingerprint density at radius 1 is 1.19 bits per heavy atom. The lowest BCUT2D eigenvalue weighted by Gasteiger charge is -2.70. The van der Waals surface area contributed by atoms with E-state index >= 15 is 0 Å². The molecule has 3 fully saturated rings. The Bertz CT molecular complexity index is 681. The molecule has 0 saturated heterocycles. The van der Waals surface area contributed by atoms with Crippen LogP contribution in [0.5, 0.6) is 5.75 Å². The SMILES string of the molecule is CC(C)(C)OC(=O)NC12CC(NC(=O)C(CCO)Oc3ccncc3)(C1)C2. The fraction of sp³-hybridized carbons (Fsp3) is 0.632.